The summed E-state index contributed by atoms with van der Waals surface area (Å²) in [5, 5.41) is 6.05. The van der Waals surface area contributed by atoms with Gasteiger partial charge in [-0.3, -0.25) is 0 Å². The van der Waals surface area contributed by atoms with Crippen molar-refractivity contribution < 1.29 is 4.52 Å². The van der Waals surface area contributed by atoms with Crippen molar-refractivity contribution in [3.63, 3.8) is 0 Å². The maximum absolute atomic E-state index is 7.72. The summed E-state index contributed by atoms with van der Waals surface area (Å²) in [5.41, 5.74) is 0.227. The van der Waals surface area contributed by atoms with Crippen molar-refractivity contribution in [1.29, 1.82) is 0 Å². The Morgan fingerprint density at radius 3 is 1.59 bits per heavy atom. The number of thiophene rings is 1. The van der Waals surface area contributed by atoms with E-state index in [2.05, 4.69) is 133 Å². The van der Waals surface area contributed by atoms with E-state index in [1.807, 2.05) is 13.8 Å². The molecule has 1 fully saturated rings. The fourth-order valence-corrected chi connectivity index (χ4v) is 13.4. The number of benzene rings is 3. The molecule has 1 aliphatic heterocycles. The molecule has 2 heterocycles. The summed E-state index contributed by atoms with van der Waals surface area (Å²) in [5.74, 6) is 0.275. The van der Waals surface area contributed by atoms with Crippen LogP contribution >= 0.6 is 18.2 Å². The average molecular weight is 483 g/mol. The Bertz CT molecular complexity index is 1160. The summed E-state index contributed by atoms with van der Waals surface area (Å²) in [4.78, 5) is 1.30. The smallest absolute Gasteiger partial charge is 0.0683 e. The molecule has 0 radical (unpaired) electrons. The van der Waals surface area contributed by atoms with Crippen LogP contribution in [0.15, 0.2) is 133 Å². The van der Waals surface area contributed by atoms with Gasteiger partial charge in [0.15, 0.2) is 0 Å². The predicted molar refractivity (Wildman–Crippen MR) is 150 cm³/mol. The van der Waals surface area contributed by atoms with Crippen LogP contribution in [0.25, 0.3) is 0 Å². The normalized spacial score (nSPS) is 24.8. The van der Waals surface area contributed by atoms with E-state index in [1.54, 1.807) is 11.3 Å². The fourth-order valence-electron chi connectivity index (χ4n) is 5.77. The maximum Gasteiger partial charge on any atom is -0.0683 e. The van der Waals surface area contributed by atoms with Gasteiger partial charge in [0.2, 0.25) is 0 Å². The van der Waals surface area contributed by atoms with E-state index in [1.165, 1.54) is 20.8 Å². The van der Waals surface area contributed by atoms with Crippen molar-refractivity contribution in [3.8, 4) is 0 Å². The van der Waals surface area contributed by atoms with E-state index in [0.29, 0.717) is 0 Å². The zero-order chi connectivity index (χ0) is 23.5. The van der Waals surface area contributed by atoms with Gasteiger partial charge in [0.1, 0.15) is 0 Å². The van der Waals surface area contributed by atoms with Gasteiger partial charge in [-0.05, 0) is 0 Å². The predicted octanol–water partition coefficient (Wildman–Crippen LogP) is 7.40. The molecule has 4 aromatic rings. The summed E-state index contributed by atoms with van der Waals surface area (Å²) < 4.78 is 7.72. The number of hydrogen-bond acceptors (Lipinski definition) is 2. The van der Waals surface area contributed by atoms with E-state index < -0.39 is 6.83 Å². The molecule has 6 rings (SSSR count). The molecule has 3 aromatic carbocycles. The second kappa shape index (κ2) is 9.47. The van der Waals surface area contributed by atoms with Gasteiger partial charge in [-0.15, -0.1) is 0 Å². The molecule has 34 heavy (non-hydrogen) atoms. The van der Waals surface area contributed by atoms with Crippen LogP contribution in [0.2, 0.25) is 0 Å². The Labute approximate surface area is 207 Å². The average Bonchev–Trinajstić information content (AvgIpc) is 3.58. The Kier molecular flexibility index (Phi) is 6.40. The van der Waals surface area contributed by atoms with Crippen molar-refractivity contribution in [2.75, 3.05) is 0 Å². The molecule has 0 N–H and O–H groups in total. The Hall–Kier alpha value is -2.77. The van der Waals surface area contributed by atoms with Crippen LogP contribution in [0.1, 0.15) is 24.8 Å². The summed E-state index contributed by atoms with van der Waals surface area (Å²) in [6.45, 7) is 0.649. The van der Waals surface area contributed by atoms with Gasteiger partial charge < -0.3 is 0 Å². The molecule has 1 aliphatic carbocycles. The summed E-state index contributed by atoms with van der Waals surface area (Å²) in [7, 11) is 0. The van der Waals surface area contributed by atoms with Crippen molar-refractivity contribution in [2.24, 2.45) is 5.92 Å². The zero-order valence-electron chi connectivity index (χ0n) is 19.7. The van der Waals surface area contributed by atoms with Gasteiger partial charge in [-0.25, -0.2) is 0 Å². The first-order chi connectivity index (χ1) is 16.8. The van der Waals surface area contributed by atoms with E-state index in [0.717, 1.165) is 0 Å². The second-order valence-corrected chi connectivity index (χ2v) is 14.0. The molecule has 0 bridgehead atoms. The van der Waals surface area contributed by atoms with Crippen LogP contribution in [0.4, 0.5) is 0 Å². The molecule has 3 heteroatoms. The van der Waals surface area contributed by atoms with E-state index in [-0.39, 0.29) is 17.7 Å². The van der Waals surface area contributed by atoms with Crippen LogP contribution in [-0.2, 0) is 4.52 Å². The SMILES string of the molecule is C1=CC2[C@H](C=C1)C(c1cccs1)OP2(c1ccccc1)(c1ccccc1)c1ccccc1.CC. The van der Waals surface area contributed by atoms with Gasteiger partial charge >= 0.3 is 194 Å². The van der Waals surface area contributed by atoms with Crippen molar-refractivity contribution in [3.05, 3.63) is 138 Å². The molecule has 2 aliphatic rings. The molecule has 1 nitrogen and oxygen atoms in total. The summed E-state index contributed by atoms with van der Waals surface area (Å²) in [6, 6.07) is 37.4. The van der Waals surface area contributed by atoms with Crippen LogP contribution in [0.5, 0.6) is 0 Å². The minimum atomic E-state index is -3.35. The first kappa shape index (κ1) is 23.0. The Balaban J connectivity index is 0.00000117. The first-order valence-electron chi connectivity index (χ1n) is 12.1. The van der Waals surface area contributed by atoms with Crippen LogP contribution in [0, 0.1) is 5.92 Å². The van der Waals surface area contributed by atoms with Crippen molar-refractivity contribution in [2.45, 2.75) is 25.6 Å². The van der Waals surface area contributed by atoms with Crippen molar-refractivity contribution >= 4 is 34.1 Å². The third kappa shape index (κ3) is 3.21. The largest absolute Gasteiger partial charge is 0.0683 e. The molecule has 0 saturated carbocycles. The summed E-state index contributed by atoms with van der Waals surface area (Å²) >= 11 is 1.80. The third-order valence-corrected chi connectivity index (χ3v) is 14.3. The molecule has 172 valence electrons. The Morgan fingerprint density at radius 2 is 1.12 bits per heavy atom. The fraction of sp³-hybridized carbons (Fsp3) is 0.161. The zero-order valence-corrected chi connectivity index (χ0v) is 21.4. The number of hydrogen-bond donors (Lipinski definition) is 0. The van der Waals surface area contributed by atoms with Crippen molar-refractivity contribution in [1.82, 2.24) is 0 Å². The Morgan fingerprint density at radius 1 is 0.618 bits per heavy atom. The van der Waals surface area contributed by atoms with Gasteiger partial charge in [0.25, 0.3) is 0 Å². The molecule has 0 amide bonds. The number of allylic oxidation sites excluding steroid dienone is 3. The maximum atomic E-state index is 7.72. The monoisotopic (exact) mass is 482 g/mol. The third-order valence-electron chi connectivity index (χ3n) is 7.03. The molecule has 2 unspecified atom stereocenters. The minimum Gasteiger partial charge on any atom is -0.0683 e. The molecule has 1 aromatic heterocycles. The van der Waals surface area contributed by atoms with E-state index in [4.69, 9.17) is 4.52 Å². The van der Waals surface area contributed by atoms with E-state index >= 15 is 0 Å². The molecule has 1 saturated heterocycles. The second-order valence-electron chi connectivity index (χ2n) is 8.49. The minimum absolute atomic E-state index is 0.0134. The number of rotatable bonds is 4. The first-order valence-corrected chi connectivity index (χ1v) is 15.2. The van der Waals surface area contributed by atoms with E-state index in [9.17, 15) is 0 Å². The standard InChI is InChI=1S/C29H25OPS.C2H6/c1-4-13-23(14-5-1)31(24-15-6-2-7-16-24,25-17-8-3-9-18-25)27-20-11-10-19-26(27)29(30-31)28-21-12-22-32-28;1-2/h1-22,26-27,29H;1-2H3/t26-,27?,29?;/m0./s1. The molecular formula is C31H31OPS. The number of fused-ring (bicyclic) bond motifs is 1. The van der Waals surface area contributed by atoms with Crippen LogP contribution in [0.3, 0.4) is 0 Å². The van der Waals surface area contributed by atoms with Crippen LogP contribution in [-0.4, -0.2) is 5.66 Å². The van der Waals surface area contributed by atoms with Gasteiger partial charge in [-0.1, -0.05) is 13.8 Å². The van der Waals surface area contributed by atoms with Gasteiger partial charge in [0.05, 0.1) is 0 Å². The topological polar surface area (TPSA) is 9.23 Å². The summed E-state index contributed by atoms with van der Waals surface area (Å²) in [6.07, 6.45) is 9.22. The van der Waals surface area contributed by atoms with Crippen LogP contribution < -0.4 is 15.9 Å². The molecular weight excluding hydrogens is 451 g/mol. The van der Waals surface area contributed by atoms with Gasteiger partial charge in [0, 0.05) is 0 Å². The molecule has 3 atom stereocenters. The quantitative estimate of drug-likeness (QED) is 0.275. The molecule has 0 spiro atoms. The van der Waals surface area contributed by atoms with Gasteiger partial charge in [-0.2, -0.15) is 0 Å².